The van der Waals surface area contributed by atoms with Gasteiger partial charge in [-0.2, -0.15) is 0 Å². The lowest BCUT2D eigenvalue weighted by molar-refractivity contribution is 0.491. The van der Waals surface area contributed by atoms with Crippen molar-refractivity contribution >= 4 is 5.82 Å². The molecule has 1 heterocycles. The molecule has 1 N–H and O–H groups in total. The SMILES string of the molecule is CCCn1ccnc(NCCCC2CCCC2)c1=O. The summed E-state index contributed by atoms with van der Waals surface area (Å²) in [6.07, 6.45) is 12.4. The maximum absolute atomic E-state index is 12.0. The first kappa shape index (κ1) is 14.1. The zero-order valence-corrected chi connectivity index (χ0v) is 11.9. The van der Waals surface area contributed by atoms with E-state index in [0.29, 0.717) is 5.82 Å². The van der Waals surface area contributed by atoms with E-state index in [2.05, 4.69) is 17.2 Å². The van der Waals surface area contributed by atoms with Crippen LogP contribution in [0.3, 0.4) is 0 Å². The lowest BCUT2D eigenvalue weighted by atomic mass is 10.0. The number of aromatic nitrogens is 2. The molecule has 1 aromatic heterocycles. The maximum Gasteiger partial charge on any atom is 0.293 e. The maximum atomic E-state index is 12.0. The Bertz CT molecular complexity index is 435. The van der Waals surface area contributed by atoms with Gasteiger partial charge in [-0.3, -0.25) is 4.79 Å². The second-order valence-electron chi connectivity index (χ2n) is 5.49. The molecule has 0 spiro atoms. The molecule has 4 heteroatoms. The van der Waals surface area contributed by atoms with Crippen LogP contribution in [0.25, 0.3) is 0 Å². The topological polar surface area (TPSA) is 46.9 Å². The van der Waals surface area contributed by atoms with E-state index in [1.54, 1.807) is 17.0 Å². The highest BCUT2D eigenvalue weighted by atomic mass is 16.1. The summed E-state index contributed by atoms with van der Waals surface area (Å²) < 4.78 is 1.73. The highest BCUT2D eigenvalue weighted by Crippen LogP contribution is 2.28. The number of aryl methyl sites for hydroxylation is 1. The largest absolute Gasteiger partial charge is 0.365 e. The zero-order chi connectivity index (χ0) is 13.5. The lowest BCUT2D eigenvalue weighted by Gasteiger charge is -2.10. The fourth-order valence-electron chi connectivity index (χ4n) is 2.88. The monoisotopic (exact) mass is 263 g/mol. The van der Waals surface area contributed by atoms with Gasteiger partial charge >= 0.3 is 0 Å². The molecule has 0 radical (unpaired) electrons. The van der Waals surface area contributed by atoms with E-state index in [-0.39, 0.29) is 5.56 Å². The fourth-order valence-corrected chi connectivity index (χ4v) is 2.88. The van der Waals surface area contributed by atoms with E-state index in [9.17, 15) is 4.79 Å². The summed E-state index contributed by atoms with van der Waals surface area (Å²) in [6, 6.07) is 0. The third kappa shape index (κ3) is 4.08. The van der Waals surface area contributed by atoms with Crippen molar-refractivity contribution in [1.82, 2.24) is 9.55 Å². The number of nitrogens with zero attached hydrogens (tertiary/aromatic N) is 2. The predicted octanol–water partition coefficient (Wildman–Crippen LogP) is 3.04. The zero-order valence-electron chi connectivity index (χ0n) is 11.9. The molecule has 1 aliphatic rings. The second-order valence-corrected chi connectivity index (χ2v) is 5.49. The van der Waals surface area contributed by atoms with Gasteiger partial charge in [0.15, 0.2) is 5.82 Å². The van der Waals surface area contributed by atoms with Crippen LogP contribution >= 0.6 is 0 Å². The van der Waals surface area contributed by atoms with Crippen molar-refractivity contribution < 1.29 is 0 Å². The van der Waals surface area contributed by atoms with E-state index in [0.717, 1.165) is 31.8 Å². The molecule has 1 aliphatic carbocycles. The first-order valence-corrected chi connectivity index (χ1v) is 7.60. The summed E-state index contributed by atoms with van der Waals surface area (Å²) >= 11 is 0. The van der Waals surface area contributed by atoms with Gasteiger partial charge in [0.05, 0.1) is 0 Å². The molecular weight excluding hydrogens is 238 g/mol. The summed E-state index contributed by atoms with van der Waals surface area (Å²) in [7, 11) is 0. The van der Waals surface area contributed by atoms with Gasteiger partial charge < -0.3 is 9.88 Å². The quantitative estimate of drug-likeness (QED) is 0.769. The molecule has 19 heavy (non-hydrogen) atoms. The Labute approximate surface area is 115 Å². The third-order valence-electron chi connectivity index (χ3n) is 3.93. The van der Waals surface area contributed by atoms with E-state index in [1.807, 2.05) is 0 Å². The molecule has 106 valence electrons. The number of anilines is 1. The molecule has 1 fully saturated rings. The van der Waals surface area contributed by atoms with Crippen molar-refractivity contribution in [2.45, 2.75) is 58.4 Å². The predicted molar refractivity (Wildman–Crippen MR) is 78.5 cm³/mol. The van der Waals surface area contributed by atoms with Crippen molar-refractivity contribution in [3.05, 3.63) is 22.7 Å². The van der Waals surface area contributed by atoms with Crippen LogP contribution in [0.4, 0.5) is 5.82 Å². The number of hydrogen-bond acceptors (Lipinski definition) is 3. The van der Waals surface area contributed by atoms with Gasteiger partial charge in [0, 0.05) is 25.5 Å². The van der Waals surface area contributed by atoms with Crippen molar-refractivity contribution in [2.75, 3.05) is 11.9 Å². The van der Waals surface area contributed by atoms with Crippen molar-refractivity contribution in [3.63, 3.8) is 0 Å². The lowest BCUT2D eigenvalue weighted by Crippen LogP contribution is -2.24. The van der Waals surface area contributed by atoms with Gasteiger partial charge in [-0.05, 0) is 25.2 Å². The van der Waals surface area contributed by atoms with Crippen LogP contribution in [0.1, 0.15) is 51.9 Å². The molecule has 0 unspecified atom stereocenters. The summed E-state index contributed by atoms with van der Waals surface area (Å²) in [6.45, 7) is 3.69. The number of hydrogen-bond donors (Lipinski definition) is 1. The Hall–Kier alpha value is -1.32. The van der Waals surface area contributed by atoms with Crippen molar-refractivity contribution in [1.29, 1.82) is 0 Å². The van der Waals surface area contributed by atoms with Gasteiger partial charge in [-0.1, -0.05) is 32.6 Å². The van der Waals surface area contributed by atoms with E-state index in [4.69, 9.17) is 0 Å². The minimum Gasteiger partial charge on any atom is -0.365 e. The minimum atomic E-state index is 0.00483. The Balaban J connectivity index is 1.78. The molecule has 0 aromatic carbocycles. The molecule has 2 rings (SSSR count). The van der Waals surface area contributed by atoms with Gasteiger partial charge in [0.1, 0.15) is 0 Å². The molecule has 0 aliphatic heterocycles. The Kier molecular flexibility index (Phi) is 5.43. The first-order chi connectivity index (χ1) is 9.31. The van der Waals surface area contributed by atoms with Crippen LogP contribution in [0.5, 0.6) is 0 Å². The first-order valence-electron chi connectivity index (χ1n) is 7.60. The van der Waals surface area contributed by atoms with Crippen molar-refractivity contribution in [2.24, 2.45) is 5.92 Å². The van der Waals surface area contributed by atoms with Crippen LogP contribution in [0.2, 0.25) is 0 Å². The summed E-state index contributed by atoms with van der Waals surface area (Å²) in [5, 5.41) is 3.19. The van der Waals surface area contributed by atoms with E-state index in [1.165, 1.54) is 32.1 Å². The highest BCUT2D eigenvalue weighted by Gasteiger charge is 2.14. The molecule has 0 atom stereocenters. The molecule has 4 nitrogen and oxygen atoms in total. The second kappa shape index (κ2) is 7.31. The average Bonchev–Trinajstić information content (AvgIpc) is 2.92. The van der Waals surface area contributed by atoms with Gasteiger partial charge in [0.2, 0.25) is 0 Å². The van der Waals surface area contributed by atoms with Crippen LogP contribution < -0.4 is 10.9 Å². The fraction of sp³-hybridized carbons (Fsp3) is 0.733. The van der Waals surface area contributed by atoms with Gasteiger partial charge in [-0.25, -0.2) is 4.98 Å². The highest BCUT2D eigenvalue weighted by molar-refractivity contribution is 5.30. The van der Waals surface area contributed by atoms with Crippen molar-refractivity contribution in [3.8, 4) is 0 Å². The molecular formula is C15H25N3O. The normalized spacial score (nSPS) is 15.8. The Morgan fingerprint density at radius 1 is 1.42 bits per heavy atom. The molecule has 0 saturated heterocycles. The van der Waals surface area contributed by atoms with Crippen LogP contribution in [0, 0.1) is 5.92 Å². The Morgan fingerprint density at radius 2 is 2.21 bits per heavy atom. The molecule has 0 bridgehead atoms. The molecule has 1 saturated carbocycles. The number of nitrogens with one attached hydrogen (secondary N) is 1. The smallest absolute Gasteiger partial charge is 0.293 e. The summed E-state index contributed by atoms with van der Waals surface area (Å²) in [4.78, 5) is 16.2. The van der Waals surface area contributed by atoms with Crippen LogP contribution in [-0.2, 0) is 6.54 Å². The van der Waals surface area contributed by atoms with E-state index >= 15 is 0 Å². The van der Waals surface area contributed by atoms with Crippen LogP contribution in [0.15, 0.2) is 17.2 Å². The van der Waals surface area contributed by atoms with Crippen LogP contribution in [-0.4, -0.2) is 16.1 Å². The van der Waals surface area contributed by atoms with E-state index < -0.39 is 0 Å². The standard InChI is InChI=1S/C15H25N3O/c1-2-11-18-12-10-17-14(15(18)19)16-9-5-8-13-6-3-4-7-13/h10,12-13H,2-9,11H2,1H3,(H,16,17). The summed E-state index contributed by atoms with van der Waals surface area (Å²) in [5.74, 6) is 1.42. The minimum absolute atomic E-state index is 0.00483. The molecule has 0 amide bonds. The molecule has 1 aromatic rings. The Morgan fingerprint density at radius 3 is 2.95 bits per heavy atom. The van der Waals surface area contributed by atoms with Gasteiger partial charge in [-0.15, -0.1) is 0 Å². The number of rotatable bonds is 7. The van der Waals surface area contributed by atoms with Gasteiger partial charge in [0.25, 0.3) is 5.56 Å². The third-order valence-corrected chi connectivity index (χ3v) is 3.93. The average molecular weight is 263 g/mol. The summed E-state index contributed by atoms with van der Waals surface area (Å²) in [5.41, 5.74) is 0.00483.